The number of aliphatic hydroxyl groups excluding tert-OH is 1. The van der Waals surface area contributed by atoms with Crippen molar-refractivity contribution in [3.8, 4) is 0 Å². The SMILES string of the molecule is O=C(NCCO)c1cccnc1N1CCCc2ccccc21. The van der Waals surface area contributed by atoms with Crippen LogP contribution in [0.3, 0.4) is 0 Å². The van der Waals surface area contributed by atoms with Gasteiger partial charge in [0.2, 0.25) is 0 Å². The molecule has 0 atom stereocenters. The van der Waals surface area contributed by atoms with Crippen molar-refractivity contribution in [2.45, 2.75) is 12.8 Å². The van der Waals surface area contributed by atoms with Crippen LogP contribution in [0.25, 0.3) is 0 Å². The summed E-state index contributed by atoms with van der Waals surface area (Å²) in [7, 11) is 0. The monoisotopic (exact) mass is 297 g/mol. The van der Waals surface area contributed by atoms with Crippen LogP contribution in [0.4, 0.5) is 11.5 Å². The van der Waals surface area contributed by atoms with E-state index in [9.17, 15) is 4.79 Å². The van der Waals surface area contributed by atoms with E-state index in [1.54, 1.807) is 18.3 Å². The molecule has 114 valence electrons. The number of carbonyl (C=O) groups is 1. The number of anilines is 2. The van der Waals surface area contributed by atoms with Gasteiger partial charge in [0, 0.05) is 25.0 Å². The van der Waals surface area contributed by atoms with Gasteiger partial charge >= 0.3 is 0 Å². The summed E-state index contributed by atoms with van der Waals surface area (Å²) in [6.45, 7) is 1.01. The molecule has 0 saturated heterocycles. The molecule has 0 radical (unpaired) electrons. The van der Waals surface area contributed by atoms with Crippen molar-refractivity contribution in [2.24, 2.45) is 0 Å². The second-order valence-corrected chi connectivity index (χ2v) is 5.24. The zero-order valence-corrected chi connectivity index (χ0v) is 12.3. The van der Waals surface area contributed by atoms with Crippen molar-refractivity contribution in [3.05, 3.63) is 53.7 Å². The van der Waals surface area contributed by atoms with E-state index >= 15 is 0 Å². The highest BCUT2D eigenvalue weighted by Gasteiger charge is 2.23. The van der Waals surface area contributed by atoms with E-state index in [2.05, 4.69) is 27.3 Å². The highest BCUT2D eigenvalue weighted by Crippen LogP contribution is 2.33. The molecule has 5 heteroatoms. The molecule has 5 nitrogen and oxygen atoms in total. The molecule has 22 heavy (non-hydrogen) atoms. The third kappa shape index (κ3) is 2.80. The Bertz CT molecular complexity index is 672. The number of hydrogen-bond acceptors (Lipinski definition) is 4. The van der Waals surface area contributed by atoms with Crippen LogP contribution >= 0.6 is 0 Å². The lowest BCUT2D eigenvalue weighted by atomic mass is 10.0. The number of rotatable bonds is 4. The molecule has 1 aliphatic heterocycles. The van der Waals surface area contributed by atoms with Gasteiger partial charge in [0.1, 0.15) is 5.82 Å². The van der Waals surface area contributed by atoms with E-state index in [1.807, 2.05) is 12.1 Å². The van der Waals surface area contributed by atoms with Crippen LogP contribution in [0.5, 0.6) is 0 Å². The molecular formula is C17H19N3O2. The molecule has 0 unspecified atom stereocenters. The number of hydrogen-bond donors (Lipinski definition) is 2. The van der Waals surface area contributed by atoms with Crippen LogP contribution in [-0.4, -0.2) is 35.7 Å². The van der Waals surface area contributed by atoms with Crippen molar-refractivity contribution in [3.63, 3.8) is 0 Å². The number of benzene rings is 1. The third-order valence-corrected chi connectivity index (χ3v) is 3.79. The van der Waals surface area contributed by atoms with E-state index in [4.69, 9.17) is 5.11 Å². The molecule has 1 amide bonds. The first kappa shape index (κ1) is 14.5. The highest BCUT2D eigenvalue weighted by molar-refractivity contribution is 5.99. The Morgan fingerprint density at radius 1 is 1.27 bits per heavy atom. The van der Waals surface area contributed by atoms with Crippen molar-refractivity contribution in [1.29, 1.82) is 0 Å². The first-order valence-electron chi connectivity index (χ1n) is 7.51. The number of aromatic nitrogens is 1. The van der Waals surface area contributed by atoms with Crippen LogP contribution in [0.15, 0.2) is 42.6 Å². The minimum Gasteiger partial charge on any atom is -0.395 e. The fraction of sp³-hybridized carbons (Fsp3) is 0.294. The van der Waals surface area contributed by atoms with Gasteiger partial charge in [-0.1, -0.05) is 18.2 Å². The number of aliphatic hydroxyl groups is 1. The number of pyridine rings is 1. The summed E-state index contributed by atoms with van der Waals surface area (Å²) >= 11 is 0. The summed E-state index contributed by atoms with van der Waals surface area (Å²) < 4.78 is 0. The average Bonchev–Trinajstić information content (AvgIpc) is 2.59. The minimum atomic E-state index is -0.208. The average molecular weight is 297 g/mol. The van der Waals surface area contributed by atoms with Gasteiger partial charge in [-0.3, -0.25) is 4.79 Å². The predicted molar refractivity (Wildman–Crippen MR) is 85.4 cm³/mol. The van der Waals surface area contributed by atoms with Gasteiger partial charge in [-0.2, -0.15) is 0 Å². The lowest BCUT2D eigenvalue weighted by Crippen LogP contribution is -2.31. The van der Waals surface area contributed by atoms with Crippen molar-refractivity contribution < 1.29 is 9.90 Å². The maximum Gasteiger partial charge on any atom is 0.255 e. The van der Waals surface area contributed by atoms with Crippen molar-refractivity contribution in [2.75, 3.05) is 24.6 Å². The smallest absolute Gasteiger partial charge is 0.255 e. The Kier molecular flexibility index (Phi) is 4.34. The van der Waals surface area contributed by atoms with Crippen molar-refractivity contribution >= 4 is 17.4 Å². The first-order valence-corrected chi connectivity index (χ1v) is 7.51. The Labute approximate surface area is 129 Å². The molecule has 2 heterocycles. The number of nitrogens with zero attached hydrogens (tertiary/aromatic N) is 2. The van der Waals surface area contributed by atoms with Gasteiger partial charge in [0.05, 0.1) is 12.2 Å². The molecule has 0 aliphatic carbocycles. The zero-order chi connectivity index (χ0) is 15.4. The molecule has 3 rings (SSSR count). The first-order chi connectivity index (χ1) is 10.8. The largest absolute Gasteiger partial charge is 0.395 e. The Hall–Kier alpha value is -2.40. The number of fused-ring (bicyclic) bond motifs is 1. The molecular weight excluding hydrogens is 278 g/mol. The van der Waals surface area contributed by atoms with Gasteiger partial charge in [-0.05, 0) is 36.6 Å². The van der Waals surface area contributed by atoms with Gasteiger partial charge < -0.3 is 15.3 Å². The molecule has 0 saturated carbocycles. The molecule has 2 aromatic rings. The summed E-state index contributed by atoms with van der Waals surface area (Å²) in [5.41, 5.74) is 2.93. The quantitative estimate of drug-likeness (QED) is 0.904. The molecule has 0 spiro atoms. The predicted octanol–water partition coefficient (Wildman–Crippen LogP) is 1.89. The molecule has 0 bridgehead atoms. The zero-order valence-electron chi connectivity index (χ0n) is 12.3. The van der Waals surface area contributed by atoms with E-state index in [0.29, 0.717) is 11.4 Å². The summed E-state index contributed by atoms with van der Waals surface area (Å²) in [5, 5.41) is 11.6. The second kappa shape index (κ2) is 6.58. The number of aryl methyl sites for hydroxylation is 1. The topological polar surface area (TPSA) is 65.5 Å². The maximum absolute atomic E-state index is 12.3. The molecule has 1 aliphatic rings. The number of carbonyl (C=O) groups excluding carboxylic acids is 1. The Morgan fingerprint density at radius 3 is 3.00 bits per heavy atom. The Morgan fingerprint density at radius 2 is 2.14 bits per heavy atom. The summed E-state index contributed by atoms with van der Waals surface area (Å²) in [6.07, 6.45) is 3.78. The maximum atomic E-state index is 12.3. The number of para-hydroxylation sites is 1. The molecule has 1 aromatic heterocycles. The summed E-state index contributed by atoms with van der Waals surface area (Å²) in [4.78, 5) is 18.8. The van der Waals surface area contributed by atoms with E-state index in [1.165, 1.54) is 5.56 Å². The van der Waals surface area contributed by atoms with Gasteiger partial charge in [-0.25, -0.2) is 4.98 Å². The minimum absolute atomic E-state index is 0.0755. The summed E-state index contributed by atoms with van der Waals surface area (Å²) in [6, 6.07) is 11.8. The van der Waals surface area contributed by atoms with Crippen LogP contribution in [-0.2, 0) is 6.42 Å². The second-order valence-electron chi connectivity index (χ2n) is 5.24. The molecule has 1 aromatic carbocycles. The van der Waals surface area contributed by atoms with E-state index in [0.717, 1.165) is 25.1 Å². The van der Waals surface area contributed by atoms with Crippen LogP contribution in [0.2, 0.25) is 0 Å². The lowest BCUT2D eigenvalue weighted by Gasteiger charge is -2.31. The Balaban J connectivity index is 1.98. The standard InChI is InChI=1S/C17H19N3O2/c21-12-10-19-17(22)14-7-3-9-18-16(14)20-11-4-6-13-5-1-2-8-15(13)20/h1-3,5,7-9,21H,4,6,10-12H2,(H,19,22). The molecule has 0 fully saturated rings. The number of amides is 1. The van der Waals surface area contributed by atoms with Gasteiger partial charge in [-0.15, -0.1) is 0 Å². The van der Waals surface area contributed by atoms with E-state index in [-0.39, 0.29) is 19.1 Å². The molecule has 2 N–H and O–H groups in total. The lowest BCUT2D eigenvalue weighted by molar-refractivity contribution is 0.0945. The fourth-order valence-corrected chi connectivity index (χ4v) is 2.81. The van der Waals surface area contributed by atoms with Gasteiger partial charge in [0.15, 0.2) is 0 Å². The summed E-state index contributed by atoms with van der Waals surface area (Å²) in [5.74, 6) is 0.463. The number of nitrogens with one attached hydrogen (secondary N) is 1. The normalized spacial score (nSPS) is 13.6. The van der Waals surface area contributed by atoms with Crippen LogP contribution in [0, 0.1) is 0 Å². The highest BCUT2D eigenvalue weighted by atomic mass is 16.3. The fourth-order valence-electron chi connectivity index (χ4n) is 2.81. The van der Waals surface area contributed by atoms with Crippen LogP contribution in [0.1, 0.15) is 22.3 Å². The van der Waals surface area contributed by atoms with Crippen molar-refractivity contribution in [1.82, 2.24) is 10.3 Å². The van der Waals surface area contributed by atoms with Gasteiger partial charge in [0.25, 0.3) is 5.91 Å². The van der Waals surface area contributed by atoms with E-state index < -0.39 is 0 Å². The third-order valence-electron chi connectivity index (χ3n) is 3.79. The van der Waals surface area contributed by atoms with Crippen LogP contribution < -0.4 is 10.2 Å².